The molecule has 0 saturated carbocycles. The van der Waals surface area contributed by atoms with Crippen molar-refractivity contribution in [3.8, 4) is 11.1 Å². The first-order chi connectivity index (χ1) is 17.2. The summed E-state index contributed by atoms with van der Waals surface area (Å²) in [5.74, 6) is 0.0210. The molecule has 0 unspecified atom stereocenters. The van der Waals surface area contributed by atoms with Crippen molar-refractivity contribution in [2.45, 2.75) is 24.3 Å². The lowest BCUT2D eigenvalue weighted by Crippen LogP contribution is -2.48. The number of carbonyl (C=O) groups is 1. The van der Waals surface area contributed by atoms with E-state index in [1.807, 2.05) is 52.9 Å². The molecule has 1 saturated heterocycles. The van der Waals surface area contributed by atoms with Gasteiger partial charge in [0.05, 0.1) is 0 Å². The maximum absolute atomic E-state index is 13.7. The number of hydrogen-bond donors (Lipinski definition) is 0. The second-order valence-corrected chi connectivity index (χ2v) is 11.7. The molecule has 1 aliphatic carbocycles. The van der Waals surface area contributed by atoms with Gasteiger partial charge < -0.3 is 9.64 Å². The van der Waals surface area contributed by atoms with E-state index in [2.05, 4.69) is 29.2 Å². The van der Waals surface area contributed by atoms with Crippen molar-refractivity contribution in [2.75, 3.05) is 32.8 Å². The summed E-state index contributed by atoms with van der Waals surface area (Å²) in [6.07, 6.45) is -0.327. The second kappa shape index (κ2) is 10.1. The van der Waals surface area contributed by atoms with Gasteiger partial charge in [-0.1, -0.05) is 48.5 Å². The van der Waals surface area contributed by atoms with Gasteiger partial charge >= 0.3 is 16.3 Å². The third-order valence-electron chi connectivity index (χ3n) is 6.99. The number of amides is 1. The van der Waals surface area contributed by atoms with Crippen molar-refractivity contribution in [3.63, 3.8) is 0 Å². The maximum Gasteiger partial charge on any atom is 0.409 e. The van der Waals surface area contributed by atoms with Gasteiger partial charge in [-0.15, -0.1) is 3.89 Å². The molecule has 0 N–H and O–H groups in total. The largest absolute Gasteiger partial charge is 0.448 e. The Morgan fingerprint density at radius 1 is 1.00 bits per heavy atom. The highest BCUT2D eigenvalue weighted by Crippen LogP contribution is 2.44. The van der Waals surface area contributed by atoms with Gasteiger partial charge in [0.15, 0.2) is 0 Å². The van der Waals surface area contributed by atoms with Crippen LogP contribution in [0.4, 0.5) is 8.68 Å². The SMILES string of the molecule is Cc1c(I)cc(CN2CCN(C(=O)OCC3c4ccccc4-c4ccccc43)CC2)cc1S(=O)(=O)F. The summed E-state index contributed by atoms with van der Waals surface area (Å²) in [6.45, 7) is 4.62. The minimum Gasteiger partial charge on any atom is -0.448 e. The molecule has 188 valence electrons. The highest BCUT2D eigenvalue weighted by Gasteiger charge is 2.30. The fourth-order valence-corrected chi connectivity index (χ4v) is 6.72. The number of hydrogen-bond acceptors (Lipinski definition) is 5. The standard InChI is InChI=1S/C27H26FIN2O4S/c1-18-25(29)14-19(15-26(18)36(28,33)34)16-30-10-12-31(13-11-30)27(32)35-17-24-22-8-4-2-6-20(22)21-7-3-5-9-23(21)24/h2-9,14-15,24H,10-13,16-17H2,1H3. The third kappa shape index (κ3) is 5.01. The summed E-state index contributed by atoms with van der Waals surface area (Å²) in [5.41, 5.74) is 5.89. The van der Waals surface area contributed by atoms with Gasteiger partial charge in [-0.2, -0.15) is 8.42 Å². The van der Waals surface area contributed by atoms with Crippen LogP contribution in [0.15, 0.2) is 65.6 Å². The summed E-state index contributed by atoms with van der Waals surface area (Å²) in [7, 11) is -4.78. The number of piperazine rings is 1. The van der Waals surface area contributed by atoms with Crippen LogP contribution >= 0.6 is 22.6 Å². The summed E-state index contributed by atoms with van der Waals surface area (Å²) in [4.78, 5) is 16.4. The van der Waals surface area contributed by atoms with Crippen molar-refractivity contribution in [1.29, 1.82) is 0 Å². The fraction of sp³-hybridized carbons (Fsp3) is 0.296. The zero-order chi connectivity index (χ0) is 25.4. The summed E-state index contributed by atoms with van der Waals surface area (Å²) >= 11 is 2.03. The number of nitrogens with zero attached hydrogens (tertiary/aromatic N) is 2. The predicted molar refractivity (Wildman–Crippen MR) is 144 cm³/mol. The van der Waals surface area contributed by atoms with Gasteiger partial charge in [-0.25, -0.2) is 4.79 Å². The zero-order valence-corrected chi connectivity index (χ0v) is 22.8. The molecule has 0 bridgehead atoms. The van der Waals surface area contributed by atoms with E-state index < -0.39 is 10.2 Å². The first kappa shape index (κ1) is 25.2. The molecule has 0 aromatic heterocycles. The van der Waals surface area contributed by atoms with E-state index in [0.717, 1.165) is 5.56 Å². The van der Waals surface area contributed by atoms with Crippen LogP contribution in [0.1, 0.15) is 28.2 Å². The van der Waals surface area contributed by atoms with Crippen molar-refractivity contribution in [2.24, 2.45) is 0 Å². The van der Waals surface area contributed by atoms with Crippen molar-refractivity contribution >= 4 is 38.9 Å². The lowest BCUT2D eigenvalue weighted by atomic mass is 9.98. The normalized spacial score (nSPS) is 16.0. The molecular formula is C27H26FIN2O4S. The molecule has 0 radical (unpaired) electrons. The summed E-state index contributed by atoms with van der Waals surface area (Å²) in [5, 5.41) is 0. The van der Waals surface area contributed by atoms with E-state index in [0.29, 0.717) is 41.9 Å². The second-order valence-electron chi connectivity index (χ2n) is 9.21. The van der Waals surface area contributed by atoms with Crippen LogP contribution in [-0.4, -0.2) is 57.1 Å². The third-order valence-corrected chi connectivity index (χ3v) is 9.06. The number of fused-ring (bicyclic) bond motifs is 3. The van der Waals surface area contributed by atoms with Crippen LogP contribution in [0.2, 0.25) is 0 Å². The quantitative estimate of drug-likeness (QED) is 0.285. The highest BCUT2D eigenvalue weighted by molar-refractivity contribution is 14.1. The van der Waals surface area contributed by atoms with Crippen LogP contribution < -0.4 is 0 Å². The molecule has 1 heterocycles. The van der Waals surface area contributed by atoms with Crippen molar-refractivity contribution in [3.05, 3.63) is 86.5 Å². The smallest absolute Gasteiger partial charge is 0.409 e. The van der Waals surface area contributed by atoms with E-state index in [1.165, 1.54) is 28.3 Å². The molecule has 1 aliphatic heterocycles. The number of halogens is 2. The van der Waals surface area contributed by atoms with Gasteiger partial charge in [0, 0.05) is 42.2 Å². The van der Waals surface area contributed by atoms with Crippen LogP contribution in [-0.2, 0) is 21.5 Å². The predicted octanol–water partition coefficient (Wildman–Crippen LogP) is 5.32. The van der Waals surface area contributed by atoms with Gasteiger partial charge in [0.25, 0.3) is 0 Å². The van der Waals surface area contributed by atoms with Crippen LogP contribution in [0.3, 0.4) is 0 Å². The summed E-state index contributed by atoms with van der Waals surface area (Å²) in [6, 6.07) is 19.8. The van der Waals surface area contributed by atoms with E-state index in [9.17, 15) is 17.1 Å². The van der Waals surface area contributed by atoms with Crippen LogP contribution in [0, 0.1) is 10.5 Å². The van der Waals surface area contributed by atoms with E-state index >= 15 is 0 Å². The van der Waals surface area contributed by atoms with Crippen molar-refractivity contribution < 1.29 is 21.8 Å². The van der Waals surface area contributed by atoms with Crippen molar-refractivity contribution in [1.82, 2.24) is 9.80 Å². The van der Waals surface area contributed by atoms with Gasteiger partial charge in [-0.3, -0.25) is 4.90 Å². The van der Waals surface area contributed by atoms with Gasteiger partial charge in [0.1, 0.15) is 11.5 Å². The molecular weight excluding hydrogens is 594 g/mol. The first-order valence-corrected chi connectivity index (χ1v) is 14.2. The Labute approximate surface area is 224 Å². The van der Waals surface area contributed by atoms with Crippen LogP contribution in [0.5, 0.6) is 0 Å². The van der Waals surface area contributed by atoms with Gasteiger partial charge in [0.2, 0.25) is 0 Å². The number of carbonyl (C=O) groups excluding carboxylic acids is 1. The average molecular weight is 620 g/mol. The number of rotatable bonds is 5. The fourth-order valence-electron chi connectivity index (χ4n) is 5.08. The van der Waals surface area contributed by atoms with Gasteiger partial charge in [-0.05, 0) is 75.0 Å². The van der Waals surface area contributed by atoms with E-state index in [4.69, 9.17) is 4.74 Å². The molecule has 0 spiro atoms. The van der Waals surface area contributed by atoms with E-state index in [-0.39, 0.29) is 23.5 Å². The first-order valence-electron chi connectivity index (χ1n) is 11.8. The molecule has 3 aromatic carbocycles. The van der Waals surface area contributed by atoms with E-state index in [1.54, 1.807) is 11.8 Å². The molecule has 3 aromatic rings. The molecule has 6 nitrogen and oxygen atoms in total. The molecule has 1 fully saturated rings. The lowest BCUT2D eigenvalue weighted by Gasteiger charge is -2.34. The molecule has 1 amide bonds. The average Bonchev–Trinajstić information content (AvgIpc) is 3.18. The molecule has 9 heteroatoms. The lowest BCUT2D eigenvalue weighted by molar-refractivity contribution is 0.0728. The topological polar surface area (TPSA) is 66.9 Å². The minimum atomic E-state index is -4.78. The Morgan fingerprint density at radius 2 is 1.58 bits per heavy atom. The monoisotopic (exact) mass is 620 g/mol. The molecule has 36 heavy (non-hydrogen) atoms. The Hall–Kier alpha value is -2.50. The maximum atomic E-state index is 13.7. The number of benzene rings is 3. The molecule has 5 rings (SSSR count). The van der Waals surface area contributed by atoms with Crippen LogP contribution in [0.25, 0.3) is 11.1 Å². The highest BCUT2D eigenvalue weighted by atomic mass is 127. The molecule has 2 aliphatic rings. The summed E-state index contributed by atoms with van der Waals surface area (Å²) < 4.78 is 43.2. The Balaban J connectivity index is 1.19. The Morgan fingerprint density at radius 3 is 2.17 bits per heavy atom. The molecule has 0 atom stereocenters. The Bertz CT molecular complexity index is 1380. The minimum absolute atomic E-state index is 0.0210. The Kier molecular flexibility index (Phi) is 7.06. The number of ether oxygens (including phenoxy) is 1. The zero-order valence-electron chi connectivity index (χ0n) is 19.8.